The minimum atomic E-state index is -2.57. The Labute approximate surface area is 92.2 Å². The predicted octanol–water partition coefficient (Wildman–Crippen LogP) is 1.94. The van der Waals surface area contributed by atoms with Gasteiger partial charge in [0.15, 0.2) is 3.79 Å². The van der Waals surface area contributed by atoms with Crippen LogP contribution in [0, 0.1) is 0 Å². The first-order chi connectivity index (χ1) is 5.71. The van der Waals surface area contributed by atoms with Crippen LogP contribution in [-0.2, 0) is 0 Å². The molecule has 0 heterocycles. The normalized spacial score (nSPS) is 13.4. The van der Waals surface area contributed by atoms with E-state index in [-0.39, 0.29) is 6.42 Å². The zero-order chi connectivity index (χ0) is 10.5. The van der Waals surface area contributed by atoms with Gasteiger partial charge in [0.25, 0.3) is 5.97 Å². The smallest absolute Gasteiger partial charge is 0.275 e. The number of halogens is 3. The Kier molecular flexibility index (Phi) is 5.91. The van der Waals surface area contributed by atoms with Gasteiger partial charge < -0.3 is 15.3 Å². The summed E-state index contributed by atoms with van der Waals surface area (Å²) in [6, 6.07) is 0. The van der Waals surface area contributed by atoms with E-state index in [1.54, 1.807) is 0 Å². The molecule has 0 amide bonds. The zero-order valence-corrected chi connectivity index (χ0v) is 9.28. The van der Waals surface area contributed by atoms with Gasteiger partial charge in [-0.15, -0.1) is 0 Å². The van der Waals surface area contributed by atoms with Crippen molar-refractivity contribution in [3.05, 3.63) is 0 Å². The van der Waals surface area contributed by atoms with Crippen LogP contribution >= 0.6 is 34.8 Å². The van der Waals surface area contributed by atoms with Crippen molar-refractivity contribution in [1.29, 1.82) is 0 Å². The summed E-state index contributed by atoms with van der Waals surface area (Å²) in [5.74, 6) is -2.57. The molecule has 0 aromatic rings. The van der Waals surface area contributed by atoms with Crippen LogP contribution in [0.2, 0.25) is 0 Å². The van der Waals surface area contributed by atoms with Crippen LogP contribution in [0.15, 0.2) is 0 Å². The zero-order valence-electron chi connectivity index (χ0n) is 7.01. The van der Waals surface area contributed by atoms with Crippen LogP contribution in [-0.4, -0.2) is 25.1 Å². The monoisotopic (exact) mass is 250 g/mol. The van der Waals surface area contributed by atoms with E-state index in [2.05, 4.69) is 0 Å². The van der Waals surface area contributed by atoms with E-state index in [1.807, 2.05) is 0 Å². The fraction of sp³-hybridized carbons (Fsp3) is 1.00. The van der Waals surface area contributed by atoms with Crippen molar-refractivity contribution in [2.75, 3.05) is 0 Å². The molecule has 0 aliphatic carbocycles. The first-order valence-electron chi connectivity index (χ1n) is 3.94. The van der Waals surface area contributed by atoms with Crippen LogP contribution in [0.1, 0.15) is 32.1 Å². The maximum absolute atomic E-state index is 8.51. The number of alkyl halides is 3. The van der Waals surface area contributed by atoms with Gasteiger partial charge in [-0.05, 0) is 19.3 Å². The van der Waals surface area contributed by atoms with E-state index >= 15 is 0 Å². The topological polar surface area (TPSA) is 60.7 Å². The van der Waals surface area contributed by atoms with E-state index in [0.717, 1.165) is 0 Å². The predicted molar refractivity (Wildman–Crippen MR) is 52.8 cm³/mol. The highest BCUT2D eigenvalue weighted by molar-refractivity contribution is 6.67. The second kappa shape index (κ2) is 5.59. The van der Waals surface area contributed by atoms with Crippen LogP contribution < -0.4 is 0 Å². The van der Waals surface area contributed by atoms with Gasteiger partial charge in [-0.1, -0.05) is 41.2 Å². The van der Waals surface area contributed by atoms with E-state index in [9.17, 15) is 0 Å². The van der Waals surface area contributed by atoms with E-state index < -0.39 is 9.77 Å². The van der Waals surface area contributed by atoms with Crippen molar-refractivity contribution in [2.24, 2.45) is 0 Å². The average Bonchev–Trinajstić information content (AvgIpc) is 1.81. The Balaban J connectivity index is 3.28. The number of rotatable bonds is 5. The minimum absolute atomic E-state index is 0.0904. The Morgan fingerprint density at radius 1 is 0.769 bits per heavy atom. The van der Waals surface area contributed by atoms with Crippen molar-refractivity contribution >= 4 is 34.8 Å². The third-order valence-electron chi connectivity index (χ3n) is 1.47. The van der Waals surface area contributed by atoms with Gasteiger partial charge >= 0.3 is 0 Å². The second-order valence-electron chi connectivity index (χ2n) is 2.95. The van der Waals surface area contributed by atoms with E-state index in [1.165, 1.54) is 0 Å². The fourth-order valence-corrected chi connectivity index (χ4v) is 1.27. The van der Waals surface area contributed by atoms with Gasteiger partial charge in [0.05, 0.1) is 0 Å². The summed E-state index contributed by atoms with van der Waals surface area (Å²) in [4.78, 5) is 0. The summed E-state index contributed by atoms with van der Waals surface area (Å²) in [6.45, 7) is 0. The molecule has 0 aromatic carbocycles. The first-order valence-corrected chi connectivity index (χ1v) is 5.08. The number of hydrogen-bond donors (Lipinski definition) is 3. The lowest BCUT2D eigenvalue weighted by Gasteiger charge is -2.14. The first kappa shape index (κ1) is 13.8. The third kappa shape index (κ3) is 12.8. The highest BCUT2D eigenvalue weighted by Gasteiger charge is 2.20. The second-order valence-corrected chi connectivity index (χ2v) is 5.47. The van der Waals surface area contributed by atoms with Crippen LogP contribution in [0.4, 0.5) is 0 Å². The summed E-state index contributed by atoms with van der Waals surface area (Å²) in [7, 11) is 0. The van der Waals surface area contributed by atoms with Gasteiger partial charge in [0.1, 0.15) is 0 Å². The quantitative estimate of drug-likeness (QED) is 0.397. The van der Waals surface area contributed by atoms with Gasteiger partial charge in [0, 0.05) is 6.42 Å². The molecule has 0 bridgehead atoms. The molecule has 0 fully saturated rings. The van der Waals surface area contributed by atoms with Crippen molar-refractivity contribution in [2.45, 2.75) is 41.9 Å². The molecule has 0 saturated carbocycles. The molecule has 3 nitrogen and oxygen atoms in total. The maximum atomic E-state index is 8.51. The molecule has 0 saturated heterocycles. The SMILES string of the molecule is OC(O)(O)CCCCCC(Cl)(Cl)Cl. The lowest BCUT2D eigenvalue weighted by Crippen LogP contribution is -2.26. The van der Waals surface area contributed by atoms with Crippen molar-refractivity contribution < 1.29 is 15.3 Å². The molecule has 0 rings (SSSR count). The Morgan fingerprint density at radius 3 is 1.62 bits per heavy atom. The lowest BCUT2D eigenvalue weighted by molar-refractivity contribution is -0.315. The van der Waals surface area contributed by atoms with E-state index in [4.69, 9.17) is 50.1 Å². The van der Waals surface area contributed by atoms with Crippen LogP contribution in [0.5, 0.6) is 0 Å². The largest absolute Gasteiger partial charge is 0.344 e. The molecular formula is C7H13Cl3O3. The molecule has 0 radical (unpaired) electrons. The van der Waals surface area contributed by atoms with Gasteiger partial charge in [-0.25, -0.2) is 0 Å². The lowest BCUT2D eigenvalue weighted by atomic mass is 10.1. The highest BCUT2D eigenvalue weighted by Crippen LogP contribution is 2.32. The van der Waals surface area contributed by atoms with Gasteiger partial charge in [-0.3, -0.25) is 0 Å². The molecule has 0 spiro atoms. The van der Waals surface area contributed by atoms with Crippen LogP contribution in [0.25, 0.3) is 0 Å². The molecule has 0 aliphatic heterocycles. The molecule has 3 N–H and O–H groups in total. The molecule has 13 heavy (non-hydrogen) atoms. The summed E-state index contributed by atoms with van der Waals surface area (Å²) in [5.41, 5.74) is 0. The summed E-state index contributed by atoms with van der Waals surface area (Å²) in [5, 5.41) is 25.5. The average molecular weight is 252 g/mol. The molecule has 0 atom stereocenters. The summed E-state index contributed by atoms with van der Waals surface area (Å²) in [6.07, 6.45) is 2.16. The van der Waals surface area contributed by atoms with Crippen molar-refractivity contribution in [3.63, 3.8) is 0 Å². The molecule has 80 valence electrons. The minimum Gasteiger partial charge on any atom is -0.344 e. The fourth-order valence-electron chi connectivity index (χ4n) is 0.864. The Bertz CT molecular complexity index is 123. The molecule has 0 aliphatic rings. The number of unbranched alkanes of at least 4 members (excludes halogenated alkanes) is 2. The maximum Gasteiger partial charge on any atom is 0.275 e. The van der Waals surface area contributed by atoms with E-state index in [0.29, 0.717) is 25.7 Å². The van der Waals surface area contributed by atoms with Crippen LogP contribution in [0.3, 0.4) is 0 Å². The number of aliphatic hydroxyl groups is 3. The summed E-state index contributed by atoms with van der Waals surface area (Å²) < 4.78 is -1.24. The highest BCUT2D eigenvalue weighted by atomic mass is 35.6. The molecular weight excluding hydrogens is 238 g/mol. The van der Waals surface area contributed by atoms with Gasteiger partial charge in [0.2, 0.25) is 0 Å². The van der Waals surface area contributed by atoms with Gasteiger partial charge in [-0.2, -0.15) is 0 Å². The number of hydrogen-bond acceptors (Lipinski definition) is 3. The van der Waals surface area contributed by atoms with Crippen molar-refractivity contribution in [3.8, 4) is 0 Å². The summed E-state index contributed by atoms with van der Waals surface area (Å²) >= 11 is 16.5. The standard InChI is InChI=1S/C7H13Cl3O3/c8-6(9,10)4-2-1-3-5-7(11,12)13/h11-13H,1-5H2. The third-order valence-corrected chi connectivity index (χ3v) is 2.04. The Hall–Kier alpha value is 0.750. The molecule has 0 aromatic heterocycles. The molecule has 6 heteroatoms. The Morgan fingerprint density at radius 2 is 1.23 bits per heavy atom. The van der Waals surface area contributed by atoms with Crippen molar-refractivity contribution in [1.82, 2.24) is 0 Å². The molecule has 0 unspecified atom stereocenters.